The van der Waals surface area contributed by atoms with Crippen molar-refractivity contribution in [1.29, 1.82) is 0 Å². The Morgan fingerprint density at radius 2 is 0.718 bits per heavy atom. The van der Waals surface area contributed by atoms with E-state index < -0.39 is 12.1 Å². The zero-order valence-electron chi connectivity index (χ0n) is 67.1. The number of rotatable bonds is 18. The predicted molar refractivity (Wildman–Crippen MR) is 496 cm³/mol. The number of aromatic amines is 2. The first-order valence-corrected chi connectivity index (χ1v) is 40.8. The van der Waals surface area contributed by atoms with Gasteiger partial charge in [0.05, 0.1) is 118 Å². The number of pyridine rings is 5. The summed E-state index contributed by atoms with van der Waals surface area (Å²) in [5.74, 6) is -0.558. The van der Waals surface area contributed by atoms with Crippen LogP contribution in [0.25, 0.3) is 98.9 Å². The Hall–Kier alpha value is -14.9. The van der Waals surface area contributed by atoms with E-state index in [1.54, 1.807) is 79.6 Å². The summed E-state index contributed by atoms with van der Waals surface area (Å²) in [5.41, 5.74) is 8.74. The fraction of sp³-hybridized carbons (Fsp3) is 0.0816. The number of H-pyrrole nitrogens is 2. The maximum Gasteiger partial charge on any atom is 0.264 e. The van der Waals surface area contributed by atoms with E-state index in [-0.39, 0.29) is 51.7 Å². The van der Waals surface area contributed by atoms with Gasteiger partial charge >= 0.3 is 0 Å². The molecular formula is C98H77Cl4N15O7. The van der Waals surface area contributed by atoms with E-state index in [0.717, 1.165) is 55.4 Å². The smallest absolute Gasteiger partial charge is 0.264 e. The van der Waals surface area contributed by atoms with Gasteiger partial charge in [-0.05, 0) is 164 Å². The molecule has 10 aromatic carbocycles. The number of hydrogen-bond donors (Lipinski definition) is 6. The monoisotopic (exact) mass is 1720 g/mol. The number of hydrogen-bond acceptors (Lipinski definition) is 14. The number of aromatic nitrogens is 11. The first-order chi connectivity index (χ1) is 60.1. The molecule has 0 radical (unpaired) electrons. The zero-order valence-corrected chi connectivity index (χ0v) is 70.1. The Morgan fingerprint density at radius 1 is 0.363 bits per heavy atom. The van der Waals surface area contributed by atoms with E-state index in [1.165, 1.54) is 12.3 Å². The van der Waals surface area contributed by atoms with E-state index in [4.69, 9.17) is 46.4 Å². The van der Waals surface area contributed by atoms with Gasteiger partial charge in [-0.25, -0.2) is 10.1 Å². The van der Waals surface area contributed by atoms with Crippen molar-refractivity contribution >= 4 is 134 Å². The van der Waals surface area contributed by atoms with Crippen LogP contribution in [0.3, 0.4) is 0 Å². The third-order valence-electron chi connectivity index (χ3n) is 20.9. The lowest BCUT2D eigenvalue weighted by atomic mass is 10.1. The highest BCUT2D eigenvalue weighted by Crippen LogP contribution is 2.33. The minimum absolute atomic E-state index is 0.148. The highest BCUT2D eigenvalue weighted by Gasteiger charge is 2.26. The molecule has 0 bridgehead atoms. The van der Waals surface area contributed by atoms with Crippen LogP contribution in [-0.2, 0) is 0 Å². The molecule has 6 N–H and O–H groups in total. The van der Waals surface area contributed by atoms with Gasteiger partial charge in [-0.1, -0.05) is 223 Å². The first-order valence-electron chi connectivity index (χ1n) is 39.3. The summed E-state index contributed by atoms with van der Waals surface area (Å²) >= 11 is 25.5. The van der Waals surface area contributed by atoms with Crippen LogP contribution in [0.5, 0.6) is 0 Å². The Balaban J connectivity index is 0.000000128. The fourth-order valence-corrected chi connectivity index (χ4v) is 16.0. The SMILES string of the molecule is C=C(N[C@@H](C)c1cc2cccc(Cl)c2c(=O)n1-c1ccccc1)c1ccc(=O)[nH]n1.C=C(N[C@@H](C)c1cc2cccc(Cl)c2c(=O)n1-c1ccccc1)c1cnc[nH]1.C[C@H](NC(=O)c1cncc2ccccc12)c1cc2cccc(Cl)c2c(=O)n1-c1ccccc1.C[C@H](NC(=O)c1cnnc2ccccc12)c1cc2cccc(Cl)c2c(=O)n1-c1ccccc1. The maximum absolute atomic E-state index is 13.6. The average molecular weight is 1720 g/mol. The second-order valence-electron chi connectivity index (χ2n) is 29.0. The summed E-state index contributed by atoms with van der Waals surface area (Å²) < 4.78 is 6.56. The number of carbonyl (C=O) groups excluding carboxylic acids is 2. The second kappa shape index (κ2) is 37.4. The second-order valence-corrected chi connectivity index (χ2v) is 30.7. The lowest BCUT2D eigenvalue weighted by Gasteiger charge is -2.22. The molecule has 0 saturated heterocycles. The molecule has 26 heteroatoms. The van der Waals surface area contributed by atoms with Gasteiger partial charge in [0, 0.05) is 74.8 Å². The molecule has 0 saturated carbocycles. The van der Waals surface area contributed by atoms with Gasteiger partial charge < -0.3 is 26.3 Å². The largest absolute Gasteiger partial charge is 0.376 e. The number of amides is 2. The summed E-state index contributed by atoms with van der Waals surface area (Å²) in [5, 5.41) is 36.1. The van der Waals surface area contributed by atoms with Gasteiger partial charge in [0.15, 0.2) is 0 Å². The van der Waals surface area contributed by atoms with Crippen molar-refractivity contribution in [3.63, 3.8) is 0 Å². The van der Waals surface area contributed by atoms with Gasteiger partial charge in [0.2, 0.25) is 0 Å². The molecule has 0 aliphatic carbocycles. The van der Waals surface area contributed by atoms with Gasteiger partial charge in [-0.15, -0.1) is 0 Å². The molecule has 0 unspecified atom stereocenters. The minimum atomic E-state index is -0.485. The summed E-state index contributed by atoms with van der Waals surface area (Å²) in [4.78, 5) is 103. The molecule has 0 spiro atoms. The van der Waals surface area contributed by atoms with E-state index >= 15 is 0 Å². The van der Waals surface area contributed by atoms with Crippen molar-refractivity contribution in [2.45, 2.75) is 51.9 Å². The highest BCUT2D eigenvalue weighted by atomic mass is 35.5. The Morgan fingerprint density at radius 3 is 1.10 bits per heavy atom. The van der Waals surface area contributed by atoms with E-state index in [9.17, 15) is 33.6 Å². The maximum atomic E-state index is 13.6. The van der Waals surface area contributed by atoms with Crippen LogP contribution in [0.15, 0.2) is 347 Å². The third kappa shape index (κ3) is 17.8. The number of benzene rings is 10. The van der Waals surface area contributed by atoms with Crippen LogP contribution in [0.4, 0.5) is 0 Å². The summed E-state index contributed by atoms with van der Waals surface area (Å²) in [6.45, 7) is 15.7. The minimum Gasteiger partial charge on any atom is -0.376 e. The third-order valence-corrected chi connectivity index (χ3v) is 22.2. The van der Waals surface area contributed by atoms with Gasteiger partial charge in [-0.2, -0.15) is 15.3 Å². The van der Waals surface area contributed by atoms with Crippen molar-refractivity contribution in [3.8, 4) is 22.7 Å². The van der Waals surface area contributed by atoms with E-state index in [2.05, 4.69) is 69.8 Å². The number of halogens is 4. The van der Waals surface area contributed by atoms with Crippen molar-refractivity contribution in [1.82, 2.24) is 74.9 Å². The molecule has 8 heterocycles. The van der Waals surface area contributed by atoms with Crippen LogP contribution in [-0.4, -0.2) is 65.4 Å². The van der Waals surface area contributed by atoms with Gasteiger partial charge in [-0.3, -0.25) is 56.8 Å². The van der Waals surface area contributed by atoms with Crippen LogP contribution < -0.4 is 49.1 Å². The Bertz CT molecular complexity index is 7170. The number of carbonyl (C=O) groups is 2. The molecule has 4 atom stereocenters. The molecule has 0 aliphatic rings. The predicted octanol–water partition coefficient (Wildman–Crippen LogP) is 19.5. The topological polar surface area (TPSA) is 283 Å². The quantitative estimate of drug-likeness (QED) is 0.0466. The van der Waals surface area contributed by atoms with E-state index in [0.29, 0.717) is 109 Å². The van der Waals surface area contributed by atoms with Gasteiger partial charge in [0.25, 0.3) is 39.6 Å². The number of imidazole rings is 1. The Labute approximate surface area is 729 Å². The first kappa shape index (κ1) is 84.1. The normalized spacial score (nSPS) is 12.0. The van der Waals surface area contributed by atoms with Crippen LogP contribution in [0, 0.1) is 0 Å². The van der Waals surface area contributed by atoms with Gasteiger partial charge in [0.1, 0.15) is 5.69 Å². The van der Waals surface area contributed by atoms with Crippen molar-refractivity contribution in [2.24, 2.45) is 0 Å². The van der Waals surface area contributed by atoms with Crippen molar-refractivity contribution in [3.05, 3.63) is 440 Å². The average Bonchev–Trinajstić information content (AvgIpc) is 0.873. The molecule has 2 amide bonds. The zero-order chi connectivity index (χ0) is 86.8. The van der Waals surface area contributed by atoms with Crippen LogP contribution >= 0.6 is 46.4 Å². The number of nitrogens with one attached hydrogen (secondary N) is 6. The summed E-state index contributed by atoms with van der Waals surface area (Å²) in [6.07, 6.45) is 8.05. The number of fused-ring (bicyclic) bond motifs is 6. The Kier molecular flexibility index (Phi) is 25.3. The van der Waals surface area contributed by atoms with Crippen molar-refractivity contribution < 1.29 is 9.59 Å². The summed E-state index contributed by atoms with van der Waals surface area (Å²) in [7, 11) is 0. The van der Waals surface area contributed by atoms with Crippen LogP contribution in [0.2, 0.25) is 20.1 Å². The molecule has 22 nitrogen and oxygen atoms in total. The molecule has 0 aliphatic heterocycles. The fourth-order valence-electron chi connectivity index (χ4n) is 14.9. The molecule has 8 aromatic heterocycles. The molecular weight excluding hydrogens is 1640 g/mol. The lowest BCUT2D eigenvalue weighted by molar-refractivity contribution is 0.0931. The van der Waals surface area contributed by atoms with Crippen LogP contribution in [0.1, 0.15) is 107 Å². The molecule has 0 fully saturated rings. The number of nitrogens with zero attached hydrogens (tertiary/aromatic N) is 9. The van der Waals surface area contributed by atoms with E-state index in [1.807, 2.05) is 264 Å². The highest BCUT2D eigenvalue weighted by molar-refractivity contribution is 6.37. The lowest BCUT2D eigenvalue weighted by Crippen LogP contribution is -2.32. The molecule has 124 heavy (non-hydrogen) atoms. The standard InChI is InChI=1S/C27H20ClN3O2.C26H19ClN4O2.C23H19ClN4O2.C22H19ClN4O/c1-17(30-26(32)22-16-29-15-19-8-5-6-12-21(19)22)24-14-18-9-7-13-23(28)25(18)27(33)31(24)20-10-3-2-4-11-20;1-16(29-25(32)20-15-28-30-22-13-6-5-11-19(20)22)23-14-17-8-7-12-21(27)24(17)26(33)31(23)18-9-3-2-4-10-18;1-14(19-11-12-21(29)27-26-19)25-15(2)20-13-16-7-6-10-18(24)22(16)23(30)28(20)17-8-4-3-5-9-17;1-14(19-12-24-13-25-19)26-15(2)20-11-16-7-6-10-18(23)21(16)22(28)27(20)17-8-4-3-5-9-17/h2-17H,1H3,(H,30,32);2-16H,1H3,(H,29,32);3-13,15,25H,1H2,2H3,(H,27,29);3-13,15,26H,1H2,2H3,(H,24,25)/t17-;16-;2*15-/m0000/s1. The number of para-hydroxylation sites is 4. The molecule has 614 valence electrons. The summed E-state index contributed by atoms with van der Waals surface area (Å²) in [6, 6.07) is 83.5. The molecule has 18 rings (SSSR count). The van der Waals surface area contributed by atoms with Crippen molar-refractivity contribution in [2.75, 3.05) is 0 Å². The molecule has 18 aromatic rings.